The van der Waals surface area contributed by atoms with Gasteiger partial charge in [-0.15, -0.1) is 0 Å². The van der Waals surface area contributed by atoms with Gasteiger partial charge in [-0.25, -0.2) is 0 Å². The van der Waals surface area contributed by atoms with Crippen LogP contribution in [0.4, 0.5) is 0 Å². The number of carbonyl (C=O) groups excluding carboxylic acids is 1. The standard InChI is InChI=1S/C29H21BrN2O4/c30-25-13-19(8-10-26(25)34-17-22-6-3-5-21-4-1-2-7-24(21)22)12-23(15-31)29(33)32-16-20-9-11-27-28(14-20)36-18-35-27/h1-14H,16-18H2,(H,32,33)/b23-12+. The third-order valence-electron chi connectivity index (χ3n) is 5.79. The molecule has 1 aliphatic rings. The zero-order chi connectivity index (χ0) is 24.9. The maximum Gasteiger partial charge on any atom is 0.262 e. The van der Waals surface area contributed by atoms with E-state index >= 15 is 0 Å². The van der Waals surface area contributed by atoms with Gasteiger partial charge in [-0.05, 0) is 73.7 Å². The van der Waals surface area contributed by atoms with Crippen LogP contribution in [0.2, 0.25) is 0 Å². The Kier molecular flexibility index (Phi) is 6.87. The van der Waals surface area contributed by atoms with Gasteiger partial charge in [0.15, 0.2) is 11.5 Å². The number of nitrogens with zero attached hydrogens (tertiary/aromatic N) is 1. The topological polar surface area (TPSA) is 80.6 Å². The smallest absolute Gasteiger partial charge is 0.262 e. The van der Waals surface area contributed by atoms with Crippen molar-refractivity contribution in [3.05, 3.63) is 106 Å². The lowest BCUT2D eigenvalue weighted by Crippen LogP contribution is -2.23. The van der Waals surface area contributed by atoms with Crippen LogP contribution in [0.5, 0.6) is 17.2 Å². The second-order valence-corrected chi connectivity index (χ2v) is 9.01. The molecule has 0 bridgehead atoms. The molecule has 0 radical (unpaired) electrons. The molecule has 6 nitrogen and oxygen atoms in total. The molecule has 7 heteroatoms. The van der Waals surface area contributed by atoms with Crippen LogP contribution in [-0.4, -0.2) is 12.7 Å². The number of halogens is 1. The van der Waals surface area contributed by atoms with Crippen LogP contribution in [0.1, 0.15) is 16.7 Å². The molecule has 0 unspecified atom stereocenters. The molecule has 0 aromatic heterocycles. The summed E-state index contributed by atoms with van der Waals surface area (Å²) in [6.45, 7) is 0.870. The molecule has 0 saturated carbocycles. The first-order valence-corrected chi connectivity index (χ1v) is 12.1. The lowest BCUT2D eigenvalue weighted by molar-refractivity contribution is -0.117. The van der Waals surface area contributed by atoms with Crippen molar-refractivity contribution in [1.82, 2.24) is 5.32 Å². The molecule has 1 heterocycles. The Morgan fingerprint density at radius 3 is 2.72 bits per heavy atom. The number of amides is 1. The average molecular weight is 541 g/mol. The molecule has 0 saturated heterocycles. The van der Waals surface area contributed by atoms with Crippen LogP contribution < -0.4 is 19.5 Å². The number of rotatable bonds is 7. The molecule has 0 aliphatic carbocycles. The van der Waals surface area contributed by atoms with Crippen molar-refractivity contribution >= 4 is 38.7 Å². The number of ether oxygens (including phenoxy) is 3. The van der Waals surface area contributed by atoms with E-state index in [2.05, 4.69) is 45.5 Å². The summed E-state index contributed by atoms with van der Waals surface area (Å²) in [5.74, 6) is 1.54. The molecule has 4 aromatic rings. The maximum atomic E-state index is 12.6. The number of nitriles is 1. The van der Waals surface area contributed by atoms with Crippen LogP contribution in [-0.2, 0) is 17.9 Å². The number of hydrogen-bond acceptors (Lipinski definition) is 5. The molecule has 178 valence electrons. The van der Waals surface area contributed by atoms with Gasteiger partial charge in [0, 0.05) is 6.54 Å². The molecule has 0 spiro atoms. The van der Waals surface area contributed by atoms with Gasteiger partial charge in [-0.1, -0.05) is 54.6 Å². The average Bonchev–Trinajstić information content (AvgIpc) is 3.38. The fourth-order valence-electron chi connectivity index (χ4n) is 3.94. The summed E-state index contributed by atoms with van der Waals surface area (Å²) in [5.41, 5.74) is 2.65. The molecule has 1 amide bonds. The Labute approximate surface area is 216 Å². The summed E-state index contributed by atoms with van der Waals surface area (Å²) in [5, 5.41) is 14.6. The van der Waals surface area contributed by atoms with Crippen molar-refractivity contribution in [2.24, 2.45) is 0 Å². The predicted octanol–water partition coefficient (Wildman–Crippen LogP) is 6.13. The van der Waals surface area contributed by atoms with Gasteiger partial charge in [0.1, 0.15) is 24.0 Å². The first-order valence-electron chi connectivity index (χ1n) is 11.3. The SMILES string of the molecule is N#C/C(=C\c1ccc(OCc2cccc3ccccc23)c(Br)c1)C(=O)NCc1ccc2c(c1)OCO2. The van der Waals surface area contributed by atoms with Crippen LogP contribution in [0.3, 0.4) is 0 Å². The van der Waals surface area contributed by atoms with Crippen molar-refractivity contribution < 1.29 is 19.0 Å². The summed E-state index contributed by atoms with van der Waals surface area (Å²) < 4.78 is 17.4. The molecular weight excluding hydrogens is 520 g/mol. The second kappa shape index (κ2) is 10.5. The van der Waals surface area contributed by atoms with Crippen molar-refractivity contribution in [2.75, 3.05) is 6.79 Å². The fraction of sp³-hybridized carbons (Fsp3) is 0.103. The zero-order valence-corrected chi connectivity index (χ0v) is 20.7. The normalized spacial score (nSPS) is 12.3. The Morgan fingerprint density at radius 2 is 1.86 bits per heavy atom. The summed E-state index contributed by atoms with van der Waals surface area (Å²) in [7, 11) is 0. The van der Waals surface area contributed by atoms with Crippen LogP contribution in [0.15, 0.2) is 88.9 Å². The monoisotopic (exact) mass is 540 g/mol. The Bertz CT molecular complexity index is 1520. The molecule has 4 aromatic carbocycles. The summed E-state index contributed by atoms with van der Waals surface area (Å²) >= 11 is 3.55. The quantitative estimate of drug-likeness (QED) is 0.225. The highest BCUT2D eigenvalue weighted by Gasteiger charge is 2.15. The van der Waals surface area contributed by atoms with E-state index in [1.807, 2.05) is 54.6 Å². The zero-order valence-electron chi connectivity index (χ0n) is 19.2. The van der Waals surface area contributed by atoms with Gasteiger partial charge < -0.3 is 19.5 Å². The maximum absolute atomic E-state index is 12.6. The van der Waals surface area contributed by atoms with Gasteiger partial charge in [-0.2, -0.15) is 5.26 Å². The molecule has 1 N–H and O–H groups in total. The minimum absolute atomic E-state index is 0.00654. The number of hydrogen-bond donors (Lipinski definition) is 1. The summed E-state index contributed by atoms with van der Waals surface area (Å²) in [6, 6.07) is 27.2. The van der Waals surface area contributed by atoms with E-state index in [1.165, 1.54) is 5.39 Å². The largest absolute Gasteiger partial charge is 0.488 e. The van der Waals surface area contributed by atoms with Crippen LogP contribution in [0.25, 0.3) is 16.8 Å². The van der Waals surface area contributed by atoms with E-state index < -0.39 is 5.91 Å². The van der Waals surface area contributed by atoms with Gasteiger partial charge in [0.05, 0.1) is 4.47 Å². The highest BCUT2D eigenvalue weighted by molar-refractivity contribution is 9.10. The van der Waals surface area contributed by atoms with Crippen molar-refractivity contribution in [3.63, 3.8) is 0 Å². The fourth-order valence-corrected chi connectivity index (χ4v) is 4.45. The van der Waals surface area contributed by atoms with Gasteiger partial charge >= 0.3 is 0 Å². The lowest BCUT2D eigenvalue weighted by Gasteiger charge is -2.11. The summed E-state index contributed by atoms with van der Waals surface area (Å²) in [6.07, 6.45) is 1.55. The summed E-state index contributed by atoms with van der Waals surface area (Å²) in [4.78, 5) is 12.6. The third kappa shape index (κ3) is 5.19. The van der Waals surface area contributed by atoms with E-state index in [-0.39, 0.29) is 18.9 Å². The van der Waals surface area contributed by atoms with Crippen molar-refractivity contribution in [2.45, 2.75) is 13.2 Å². The van der Waals surface area contributed by atoms with Gasteiger partial charge in [0.2, 0.25) is 6.79 Å². The predicted molar refractivity (Wildman–Crippen MR) is 140 cm³/mol. The number of fused-ring (bicyclic) bond motifs is 2. The molecule has 0 fully saturated rings. The minimum Gasteiger partial charge on any atom is -0.488 e. The highest BCUT2D eigenvalue weighted by Crippen LogP contribution is 2.32. The Morgan fingerprint density at radius 1 is 1.03 bits per heavy atom. The number of nitrogens with one attached hydrogen (secondary N) is 1. The highest BCUT2D eigenvalue weighted by atomic mass is 79.9. The van der Waals surface area contributed by atoms with E-state index in [4.69, 9.17) is 14.2 Å². The van der Waals surface area contributed by atoms with Crippen molar-refractivity contribution in [1.29, 1.82) is 5.26 Å². The molecule has 5 rings (SSSR count). The Balaban J connectivity index is 1.24. The van der Waals surface area contributed by atoms with E-state index in [9.17, 15) is 10.1 Å². The van der Waals surface area contributed by atoms with Gasteiger partial charge in [-0.3, -0.25) is 4.79 Å². The van der Waals surface area contributed by atoms with Crippen LogP contribution in [0, 0.1) is 11.3 Å². The van der Waals surface area contributed by atoms with Crippen LogP contribution >= 0.6 is 15.9 Å². The van der Waals surface area contributed by atoms with Gasteiger partial charge in [0.25, 0.3) is 5.91 Å². The van der Waals surface area contributed by atoms with Crippen molar-refractivity contribution in [3.8, 4) is 23.3 Å². The molecule has 36 heavy (non-hydrogen) atoms. The first-order chi connectivity index (χ1) is 17.6. The molecular formula is C29H21BrN2O4. The van der Waals surface area contributed by atoms with E-state index in [0.29, 0.717) is 29.4 Å². The number of carbonyl (C=O) groups is 1. The lowest BCUT2D eigenvalue weighted by atomic mass is 10.1. The minimum atomic E-state index is -0.456. The second-order valence-electron chi connectivity index (χ2n) is 8.16. The Hall–Kier alpha value is -4.28. The third-order valence-corrected chi connectivity index (χ3v) is 6.40. The molecule has 1 aliphatic heterocycles. The van der Waals surface area contributed by atoms with E-state index in [1.54, 1.807) is 12.1 Å². The number of benzene rings is 4. The molecule has 0 atom stereocenters. The van der Waals surface area contributed by atoms with E-state index in [0.717, 1.165) is 21.0 Å². The first kappa shape index (κ1) is 23.5.